The van der Waals surface area contributed by atoms with Gasteiger partial charge in [0.15, 0.2) is 5.82 Å². The number of ether oxygens (including phenoxy) is 1. The van der Waals surface area contributed by atoms with E-state index in [0.29, 0.717) is 18.9 Å². The highest BCUT2D eigenvalue weighted by molar-refractivity contribution is 5.20. The monoisotopic (exact) mass is 234 g/mol. The summed E-state index contributed by atoms with van der Waals surface area (Å²) in [6.07, 6.45) is -0.184. The molecule has 0 fully saturated rings. The SMILES string of the molecule is C[C@H](O)c1nc(CCOc2ccccc2)no1. The van der Waals surface area contributed by atoms with E-state index in [9.17, 15) is 5.11 Å². The molecule has 17 heavy (non-hydrogen) atoms. The van der Waals surface area contributed by atoms with Crippen molar-refractivity contribution in [3.63, 3.8) is 0 Å². The third kappa shape index (κ3) is 3.29. The first-order valence-electron chi connectivity index (χ1n) is 5.44. The third-order valence-corrected chi connectivity index (χ3v) is 2.18. The zero-order chi connectivity index (χ0) is 12.1. The van der Waals surface area contributed by atoms with Crippen LogP contribution >= 0.6 is 0 Å². The fourth-order valence-electron chi connectivity index (χ4n) is 1.32. The molecular formula is C12H14N2O3. The third-order valence-electron chi connectivity index (χ3n) is 2.18. The lowest BCUT2D eigenvalue weighted by Crippen LogP contribution is -2.03. The molecule has 0 aliphatic carbocycles. The summed E-state index contributed by atoms with van der Waals surface area (Å²) in [6, 6.07) is 9.53. The molecule has 0 saturated carbocycles. The van der Waals surface area contributed by atoms with Crippen molar-refractivity contribution in [3.05, 3.63) is 42.0 Å². The van der Waals surface area contributed by atoms with E-state index in [-0.39, 0.29) is 5.89 Å². The van der Waals surface area contributed by atoms with Gasteiger partial charge in [-0.1, -0.05) is 23.4 Å². The molecule has 2 rings (SSSR count). The van der Waals surface area contributed by atoms with Crippen LogP contribution in [0.3, 0.4) is 0 Å². The van der Waals surface area contributed by atoms with Crippen LogP contribution in [0.25, 0.3) is 0 Å². The van der Waals surface area contributed by atoms with Crippen molar-refractivity contribution in [2.75, 3.05) is 6.61 Å². The highest BCUT2D eigenvalue weighted by atomic mass is 16.5. The van der Waals surface area contributed by atoms with E-state index >= 15 is 0 Å². The second-order valence-corrected chi connectivity index (χ2v) is 3.64. The Morgan fingerprint density at radius 1 is 1.35 bits per heavy atom. The van der Waals surface area contributed by atoms with Gasteiger partial charge in [0.1, 0.15) is 11.9 Å². The van der Waals surface area contributed by atoms with Gasteiger partial charge < -0.3 is 14.4 Å². The zero-order valence-electron chi connectivity index (χ0n) is 9.54. The highest BCUT2D eigenvalue weighted by Crippen LogP contribution is 2.10. The fourth-order valence-corrected chi connectivity index (χ4v) is 1.32. The van der Waals surface area contributed by atoms with Crippen molar-refractivity contribution in [2.45, 2.75) is 19.4 Å². The first-order valence-corrected chi connectivity index (χ1v) is 5.44. The minimum absolute atomic E-state index is 0.236. The average molecular weight is 234 g/mol. The molecule has 0 saturated heterocycles. The number of para-hydroxylation sites is 1. The van der Waals surface area contributed by atoms with Gasteiger partial charge >= 0.3 is 0 Å². The summed E-state index contributed by atoms with van der Waals surface area (Å²) >= 11 is 0. The van der Waals surface area contributed by atoms with Gasteiger partial charge in [0.2, 0.25) is 0 Å². The second kappa shape index (κ2) is 5.45. The number of benzene rings is 1. The first-order chi connectivity index (χ1) is 8.25. The molecule has 0 unspecified atom stereocenters. The lowest BCUT2D eigenvalue weighted by molar-refractivity contribution is 0.151. The van der Waals surface area contributed by atoms with Crippen LogP contribution in [0.5, 0.6) is 5.75 Å². The predicted molar refractivity (Wildman–Crippen MR) is 60.6 cm³/mol. The molecule has 1 aromatic heterocycles. The maximum Gasteiger partial charge on any atom is 0.255 e. The summed E-state index contributed by atoms with van der Waals surface area (Å²) in [6.45, 7) is 2.06. The van der Waals surface area contributed by atoms with Gasteiger partial charge in [-0.05, 0) is 19.1 Å². The molecule has 0 radical (unpaired) electrons. The Morgan fingerprint density at radius 2 is 2.12 bits per heavy atom. The second-order valence-electron chi connectivity index (χ2n) is 3.64. The Kier molecular flexibility index (Phi) is 3.72. The molecule has 5 heteroatoms. The van der Waals surface area contributed by atoms with Crippen LogP contribution in [0.15, 0.2) is 34.9 Å². The number of rotatable bonds is 5. The van der Waals surface area contributed by atoms with Gasteiger partial charge in [-0.2, -0.15) is 4.98 Å². The summed E-state index contributed by atoms with van der Waals surface area (Å²) in [5.74, 6) is 1.59. The zero-order valence-corrected chi connectivity index (χ0v) is 9.54. The quantitative estimate of drug-likeness (QED) is 0.853. The Bertz CT molecular complexity index is 454. The highest BCUT2D eigenvalue weighted by Gasteiger charge is 2.10. The van der Waals surface area contributed by atoms with E-state index in [0.717, 1.165) is 5.75 Å². The van der Waals surface area contributed by atoms with Crippen LogP contribution in [-0.2, 0) is 6.42 Å². The minimum atomic E-state index is -0.730. The van der Waals surface area contributed by atoms with Crippen LogP contribution in [0.2, 0.25) is 0 Å². The van der Waals surface area contributed by atoms with Crippen molar-refractivity contribution in [1.82, 2.24) is 10.1 Å². The molecule has 1 atom stereocenters. The lowest BCUT2D eigenvalue weighted by atomic mass is 10.3. The van der Waals surface area contributed by atoms with Crippen LogP contribution in [-0.4, -0.2) is 21.9 Å². The van der Waals surface area contributed by atoms with Crippen molar-refractivity contribution >= 4 is 0 Å². The van der Waals surface area contributed by atoms with E-state index in [1.54, 1.807) is 6.92 Å². The average Bonchev–Trinajstić information content (AvgIpc) is 2.79. The van der Waals surface area contributed by atoms with Crippen molar-refractivity contribution in [2.24, 2.45) is 0 Å². The molecule has 1 aromatic carbocycles. The maximum atomic E-state index is 9.21. The molecule has 0 amide bonds. The number of aromatic nitrogens is 2. The summed E-state index contributed by atoms with van der Waals surface area (Å²) in [4.78, 5) is 4.03. The Hall–Kier alpha value is -1.88. The van der Waals surface area contributed by atoms with Gasteiger partial charge in [0.25, 0.3) is 5.89 Å². The van der Waals surface area contributed by atoms with Gasteiger partial charge in [0, 0.05) is 6.42 Å². The Balaban J connectivity index is 1.82. The predicted octanol–water partition coefficient (Wildman–Crippen LogP) is 1.74. The van der Waals surface area contributed by atoms with E-state index in [2.05, 4.69) is 10.1 Å². The van der Waals surface area contributed by atoms with E-state index < -0.39 is 6.10 Å². The summed E-state index contributed by atoms with van der Waals surface area (Å²) in [5.41, 5.74) is 0. The van der Waals surface area contributed by atoms with Crippen LogP contribution < -0.4 is 4.74 Å². The molecule has 0 bridgehead atoms. The first kappa shape index (κ1) is 11.6. The smallest absolute Gasteiger partial charge is 0.255 e. The number of hydrogen-bond donors (Lipinski definition) is 1. The summed E-state index contributed by atoms with van der Waals surface area (Å²) in [7, 11) is 0. The van der Waals surface area contributed by atoms with E-state index in [4.69, 9.17) is 9.26 Å². The van der Waals surface area contributed by atoms with Crippen LogP contribution in [0.1, 0.15) is 24.7 Å². The Labute approximate surface area is 99.0 Å². The molecule has 0 aliphatic heterocycles. The van der Waals surface area contributed by atoms with Crippen LogP contribution in [0, 0.1) is 0 Å². The van der Waals surface area contributed by atoms with Crippen molar-refractivity contribution in [3.8, 4) is 5.75 Å². The molecular weight excluding hydrogens is 220 g/mol. The largest absolute Gasteiger partial charge is 0.493 e. The summed E-state index contributed by atoms with van der Waals surface area (Å²) in [5, 5.41) is 13.0. The van der Waals surface area contributed by atoms with Gasteiger partial charge in [-0.3, -0.25) is 0 Å². The Morgan fingerprint density at radius 3 is 2.76 bits per heavy atom. The van der Waals surface area contributed by atoms with E-state index in [1.165, 1.54) is 0 Å². The minimum Gasteiger partial charge on any atom is -0.493 e. The van der Waals surface area contributed by atoms with E-state index in [1.807, 2.05) is 30.3 Å². The topological polar surface area (TPSA) is 68.4 Å². The molecule has 1 N–H and O–H groups in total. The molecule has 5 nitrogen and oxygen atoms in total. The number of aliphatic hydroxyl groups is 1. The normalized spacial score (nSPS) is 12.4. The van der Waals surface area contributed by atoms with Crippen LogP contribution in [0.4, 0.5) is 0 Å². The fraction of sp³-hybridized carbons (Fsp3) is 0.333. The molecule has 1 heterocycles. The molecule has 2 aromatic rings. The number of hydrogen-bond acceptors (Lipinski definition) is 5. The van der Waals surface area contributed by atoms with Crippen molar-refractivity contribution in [1.29, 1.82) is 0 Å². The lowest BCUT2D eigenvalue weighted by Gasteiger charge is -2.02. The maximum absolute atomic E-state index is 9.21. The van der Waals surface area contributed by atoms with Gasteiger partial charge in [-0.15, -0.1) is 0 Å². The number of aliphatic hydroxyl groups excluding tert-OH is 1. The number of nitrogens with zero attached hydrogens (tertiary/aromatic N) is 2. The summed E-state index contributed by atoms with van der Waals surface area (Å²) < 4.78 is 10.4. The molecule has 90 valence electrons. The molecule has 0 spiro atoms. The van der Waals surface area contributed by atoms with Gasteiger partial charge in [0.05, 0.1) is 6.61 Å². The van der Waals surface area contributed by atoms with Crippen molar-refractivity contribution < 1.29 is 14.4 Å². The van der Waals surface area contributed by atoms with Gasteiger partial charge in [-0.25, -0.2) is 0 Å². The standard InChI is InChI=1S/C12H14N2O3/c1-9(15)12-13-11(14-17-12)7-8-16-10-5-3-2-4-6-10/h2-6,9,15H,7-8H2,1H3/t9-/m0/s1. The molecule has 0 aliphatic rings.